The van der Waals surface area contributed by atoms with Gasteiger partial charge in [-0.05, 0) is 0 Å². The molecule has 0 spiro atoms. The summed E-state index contributed by atoms with van der Waals surface area (Å²) in [7, 11) is 0. The van der Waals surface area contributed by atoms with E-state index in [1.54, 1.807) is 0 Å². The summed E-state index contributed by atoms with van der Waals surface area (Å²) in [6.07, 6.45) is 2.13. The molecule has 0 aromatic rings. The molecule has 1 aliphatic heterocycles. The Hall–Kier alpha value is 0.0400. The van der Waals surface area contributed by atoms with Crippen LogP contribution in [0.3, 0.4) is 0 Å². The predicted molar refractivity (Wildman–Crippen MR) is 79.6 cm³/mol. The third kappa shape index (κ3) is 6.83. The molecule has 0 aromatic heterocycles. The number of hydrogen-bond acceptors (Lipinski definition) is 5. The number of alkyl halides is 2. The molecule has 4 N–H and O–H groups in total. The van der Waals surface area contributed by atoms with Gasteiger partial charge in [0.15, 0.2) is 0 Å². The monoisotopic (exact) mass is 373 g/mol. The molecule has 0 radical (unpaired) electrons. The van der Waals surface area contributed by atoms with E-state index in [2.05, 4.69) is 22.4 Å². The van der Waals surface area contributed by atoms with Gasteiger partial charge in [-0.2, -0.15) is 0 Å². The number of nitrogens with two attached hydrogens (primary N) is 1. The maximum atomic E-state index is 11.4. The molecule has 6 nitrogen and oxygen atoms in total. The van der Waals surface area contributed by atoms with Gasteiger partial charge in [-0.3, -0.25) is 0 Å². The van der Waals surface area contributed by atoms with E-state index in [1.807, 2.05) is 0 Å². The first-order valence-electron chi connectivity index (χ1n) is 6.31. The number of carbonyl (C=O) groups is 1. The maximum absolute atomic E-state index is 11.4. The Balaban J connectivity index is 1.84. The molecular formula is C11H24IN3O3. The Morgan fingerprint density at radius 1 is 1.44 bits per heavy atom. The number of amides is 1. The van der Waals surface area contributed by atoms with E-state index in [9.17, 15) is 4.79 Å². The molecule has 1 atom stereocenters. The summed E-state index contributed by atoms with van der Waals surface area (Å²) < 4.78 is 7.93. The zero-order valence-corrected chi connectivity index (χ0v) is 13.1. The molecule has 0 bridgehead atoms. The minimum atomic E-state index is -1.05. The number of nitrogens with one attached hydrogen (secondary N) is 2. The van der Waals surface area contributed by atoms with Gasteiger partial charge in [-0.1, -0.05) is 0 Å². The first-order chi connectivity index (χ1) is 8.74. The average Bonchev–Trinajstić information content (AvgIpc) is 2.36. The number of carbonyl (C=O) groups excluding carboxylic acids is 1. The van der Waals surface area contributed by atoms with E-state index in [0.717, 1.165) is 16.9 Å². The van der Waals surface area contributed by atoms with Crippen molar-refractivity contribution in [2.24, 2.45) is 5.90 Å². The second-order valence-corrected chi connectivity index (χ2v) is 10.0. The first kappa shape index (κ1) is 16.1. The summed E-state index contributed by atoms with van der Waals surface area (Å²) in [6, 6.07) is 0. The topological polar surface area (TPSA) is 85.6 Å². The van der Waals surface area contributed by atoms with E-state index in [4.69, 9.17) is 8.96 Å². The van der Waals surface area contributed by atoms with Crippen LogP contribution in [0.5, 0.6) is 0 Å². The Kier molecular flexibility index (Phi) is 8.86. The van der Waals surface area contributed by atoms with Crippen LogP contribution in [-0.2, 0) is 12.7 Å². The minimum absolute atomic E-state index is 0.0118. The van der Waals surface area contributed by atoms with Crippen LogP contribution in [0.2, 0.25) is 0 Å². The van der Waals surface area contributed by atoms with Crippen LogP contribution >= 0.6 is 20.2 Å². The summed E-state index contributed by atoms with van der Waals surface area (Å²) >= 11 is -1.05. The van der Waals surface area contributed by atoms with E-state index >= 15 is 0 Å². The molecular weight excluding hydrogens is 349 g/mol. The van der Waals surface area contributed by atoms with Crippen molar-refractivity contribution in [3.8, 4) is 0 Å². The SMILES string of the molecule is CC1CCI1OCCNC(=O)CNCCCON. The summed E-state index contributed by atoms with van der Waals surface area (Å²) in [5, 5.41) is 5.86. The summed E-state index contributed by atoms with van der Waals surface area (Å²) in [4.78, 5) is 15.8. The number of halogens is 1. The molecule has 7 heteroatoms. The van der Waals surface area contributed by atoms with Crippen molar-refractivity contribution < 1.29 is 12.7 Å². The van der Waals surface area contributed by atoms with Crippen molar-refractivity contribution in [1.82, 2.24) is 10.6 Å². The molecule has 0 aromatic carbocycles. The molecule has 1 fully saturated rings. The second-order valence-electron chi connectivity index (χ2n) is 4.18. The number of hydrogen-bond donors (Lipinski definition) is 3. The van der Waals surface area contributed by atoms with E-state index in [1.165, 1.54) is 10.8 Å². The molecule has 1 saturated heterocycles. The summed E-state index contributed by atoms with van der Waals surface area (Å²) in [5.41, 5.74) is 0. The number of rotatable bonds is 10. The fourth-order valence-corrected chi connectivity index (χ4v) is 5.54. The van der Waals surface area contributed by atoms with Crippen molar-refractivity contribution in [2.75, 3.05) is 37.3 Å². The van der Waals surface area contributed by atoms with Crippen molar-refractivity contribution in [1.29, 1.82) is 0 Å². The standard InChI is InChI=1S/C11H24IN3O3/c1-10-3-4-12(10)17-8-6-15-11(16)9-14-5-2-7-18-13/h10,14H,2-9,13H2,1H3,(H,15,16). The Morgan fingerprint density at radius 3 is 2.89 bits per heavy atom. The van der Waals surface area contributed by atoms with Crippen LogP contribution in [0.25, 0.3) is 0 Å². The van der Waals surface area contributed by atoms with E-state index in [0.29, 0.717) is 26.3 Å². The molecule has 1 unspecified atom stereocenters. The molecule has 0 saturated carbocycles. The fraction of sp³-hybridized carbons (Fsp3) is 0.909. The van der Waals surface area contributed by atoms with Crippen molar-refractivity contribution in [3.63, 3.8) is 0 Å². The first-order valence-corrected chi connectivity index (χ1v) is 9.96. The van der Waals surface area contributed by atoms with Crippen LogP contribution in [0, 0.1) is 0 Å². The van der Waals surface area contributed by atoms with Gasteiger partial charge in [-0.15, -0.1) is 0 Å². The Morgan fingerprint density at radius 2 is 2.28 bits per heavy atom. The van der Waals surface area contributed by atoms with Gasteiger partial charge in [0.2, 0.25) is 0 Å². The normalized spacial score (nSPS) is 20.6. The van der Waals surface area contributed by atoms with Gasteiger partial charge >= 0.3 is 116 Å². The van der Waals surface area contributed by atoms with Crippen LogP contribution in [0.15, 0.2) is 0 Å². The van der Waals surface area contributed by atoms with Gasteiger partial charge in [0.1, 0.15) is 0 Å². The molecule has 1 amide bonds. The van der Waals surface area contributed by atoms with Crippen LogP contribution in [0.4, 0.5) is 0 Å². The molecule has 1 aliphatic rings. The van der Waals surface area contributed by atoms with Gasteiger partial charge < -0.3 is 0 Å². The molecule has 1 heterocycles. The van der Waals surface area contributed by atoms with Crippen molar-refractivity contribution >= 4 is 26.1 Å². The predicted octanol–water partition coefficient (Wildman–Crippen LogP) is 0.203. The average molecular weight is 373 g/mol. The van der Waals surface area contributed by atoms with E-state index in [-0.39, 0.29) is 5.91 Å². The third-order valence-electron chi connectivity index (χ3n) is 2.65. The fourth-order valence-electron chi connectivity index (χ4n) is 1.45. The van der Waals surface area contributed by atoms with Crippen molar-refractivity contribution in [3.05, 3.63) is 0 Å². The van der Waals surface area contributed by atoms with Crippen LogP contribution in [-0.4, -0.2) is 47.1 Å². The second kappa shape index (κ2) is 9.90. The van der Waals surface area contributed by atoms with Gasteiger partial charge in [0.05, 0.1) is 0 Å². The van der Waals surface area contributed by atoms with Gasteiger partial charge in [0.25, 0.3) is 0 Å². The molecule has 18 heavy (non-hydrogen) atoms. The zero-order valence-electron chi connectivity index (χ0n) is 10.9. The van der Waals surface area contributed by atoms with Crippen LogP contribution in [0.1, 0.15) is 19.8 Å². The quantitative estimate of drug-likeness (QED) is 0.221. The molecule has 1 rings (SSSR count). The van der Waals surface area contributed by atoms with E-state index < -0.39 is 20.2 Å². The Labute approximate surface area is 116 Å². The van der Waals surface area contributed by atoms with Crippen molar-refractivity contribution in [2.45, 2.75) is 23.7 Å². The summed E-state index contributed by atoms with van der Waals surface area (Å²) in [6.45, 7) is 5.13. The van der Waals surface area contributed by atoms with Gasteiger partial charge in [0, 0.05) is 0 Å². The summed E-state index contributed by atoms with van der Waals surface area (Å²) in [5.74, 6) is 4.90. The van der Waals surface area contributed by atoms with Gasteiger partial charge in [-0.25, -0.2) is 0 Å². The Bertz CT molecular complexity index is 244. The third-order valence-corrected chi connectivity index (χ3v) is 8.57. The molecule has 0 aliphatic carbocycles. The zero-order chi connectivity index (χ0) is 13.2. The van der Waals surface area contributed by atoms with Crippen LogP contribution < -0.4 is 16.5 Å². The molecule has 108 valence electrons.